The highest BCUT2D eigenvalue weighted by Crippen LogP contribution is 2.26. The zero-order valence-corrected chi connectivity index (χ0v) is 26.4. The highest BCUT2D eigenvalue weighted by molar-refractivity contribution is 7.92. The van der Waals surface area contributed by atoms with E-state index < -0.39 is 40.2 Å². The minimum atomic E-state index is -4.26. The number of halogens is 2. The van der Waals surface area contributed by atoms with Crippen LogP contribution in [0.3, 0.4) is 0 Å². The van der Waals surface area contributed by atoms with E-state index in [0.29, 0.717) is 5.02 Å². The third-order valence-corrected chi connectivity index (χ3v) is 9.04. The van der Waals surface area contributed by atoms with Crippen LogP contribution in [0, 0.1) is 12.7 Å². The number of nitrogens with one attached hydrogen (secondary N) is 1. The maximum absolute atomic E-state index is 15.0. The number of hydrogen-bond acceptors (Lipinski definition) is 4. The number of rotatable bonds is 12. The van der Waals surface area contributed by atoms with Crippen molar-refractivity contribution in [3.05, 3.63) is 131 Å². The van der Waals surface area contributed by atoms with Crippen molar-refractivity contribution >= 4 is 39.1 Å². The molecule has 0 aliphatic heterocycles. The van der Waals surface area contributed by atoms with Crippen LogP contribution in [0.25, 0.3) is 0 Å². The Morgan fingerprint density at radius 2 is 1.48 bits per heavy atom. The van der Waals surface area contributed by atoms with Gasteiger partial charge in [-0.05, 0) is 68.8 Å². The van der Waals surface area contributed by atoms with E-state index in [0.717, 1.165) is 15.4 Å². The second-order valence-corrected chi connectivity index (χ2v) is 13.1. The van der Waals surface area contributed by atoms with Gasteiger partial charge in [0.05, 0.1) is 10.6 Å². The molecule has 0 unspecified atom stereocenters. The van der Waals surface area contributed by atoms with Crippen molar-refractivity contribution in [2.75, 3.05) is 10.8 Å². The van der Waals surface area contributed by atoms with Crippen molar-refractivity contribution in [3.63, 3.8) is 0 Å². The van der Waals surface area contributed by atoms with Crippen molar-refractivity contribution < 1.29 is 22.4 Å². The maximum Gasteiger partial charge on any atom is 0.264 e. The Bertz CT molecular complexity index is 1680. The minimum absolute atomic E-state index is 0.0608. The Kier molecular flexibility index (Phi) is 10.8. The van der Waals surface area contributed by atoms with E-state index in [9.17, 15) is 22.4 Å². The van der Waals surface area contributed by atoms with Gasteiger partial charge in [0.25, 0.3) is 10.0 Å². The van der Waals surface area contributed by atoms with Crippen LogP contribution in [0.5, 0.6) is 0 Å². The molecule has 10 heteroatoms. The van der Waals surface area contributed by atoms with Gasteiger partial charge in [0.2, 0.25) is 11.8 Å². The van der Waals surface area contributed by atoms with Crippen LogP contribution >= 0.6 is 11.6 Å². The summed E-state index contributed by atoms with van der Waals surface area (Å²) >= 11 is 6.02. The van der Waals surface area contributed by atoms with Gasteiger partial charge in [0.15, 0.2) is 0 Å². The molecular weight excluding hydrogens is 601 g/mol. The lowest BCUT2D eigenvalue weighted by Gasteiger charge is -2.34. The van der Waals surface area contributed by atoms with Crippen molar-refractivity contribution in [2.24, 2.45) is 0 Å². The smallest absolute Gasteiger partial charge is 0.264 e. The highest BCUT2D eigenvalue weighted by Gasteiger charge is 2.35. The molecule has 0 aliphatic carbocycles. The molecular formula is C34H35ClFN3O4S. The van der Waals surface area contributed by atoms with Crippen LogP contribution in [-0.4, -0.2) is 43.8 Å². The summed E-state index contributed by atoms with van der Waals surface area (Å²) in [5.41, 5.74) is 2.14. The van der Waals surface area contributed by atoms with E-state index >= 15 is 0 Å². The van der Waals surface area contributed by atoms with E-state index in [1.807, 2.05) is 37.3 Å². The normalized spacial score (nSPS) is 12.0. The Morgan fingerprint density at radius 3 is 2.09 bits per heavy atom. The van der Waals surface area contributed by atoms with Crippen molar-refractivity contribution in [2.45, 2.75) is 50.7 Å². The summed E-state index contributed by atoms with van der Waals surface area (Å²) in [5, 5.41) is 3.24. The van der Waals surface area contributed by atoms with E-state index in [2.05, 4.69) is 5.32 Å². The second-order valence-electron chi connectivity index (χ2n) is 10.8. The number of hydrogen-bond donors (Lipinski definition) is 1. The van der Waals surface area contributed by atoms with E-state index in [1.54, 1.807) is 44.2 Å². The SMILES string of the molecule is Cc1ccc(N(CC(=O)N(Cc2ccccc2F)[C@H](Cc2ccccc2)C(=O)NC(C)C)S(=O)(=O)c2ccc(Cl)cc2)cc1. The summed E-state index contributed by atoms with van der Waals surface area (Å²) in [4.78, 5) is 29.2. The van der Waals surface area contributed by atoms with Gasteiger partial charge in [0, 0.05) is 29.6 Å². The fourth-order valence-electron chi connectivity index (χ4n) is 4.72. The molecule has 4 rings (SSSR count). The molecule has 2 amide bonds. The third-order valence-electron chi connectivity index (χ3n) is 7.00. The van der Waals surface area contributed by atoms with Gasteiger partial charge in [0.1, 0.15) is 18.4 Å². The number of amides is 2. The van der Waals surface area contributed by atoms with Crippen LogP contribution in [0.1, 0.15) is 30.5 Å². The van der Waals surface area contributed by atoms with Crippen LogP contribution in [0.2, 0.25) is 5.02 Å². The lowest BCUT2D eigenvalue weighted by atomic mass is 10.0. The van der Waals surface area contributed by atoms with Gasteiger partial charge in [-0.15, -0.1) is 0 Å². The van der Waals surface area contributed by atoms with Crippen LogP contribution in [0.4, 0.5) is 10.1 Å². The fourth-order valence-corrected chi connectivity index (χ4v) is 6.26. The number of aryl methyl sites for hydroxylation is 1. The molecule has 230 valence electrons. The Morgan fingerprint density at radius 1 is 0.864 bits per heavy atom. The van der Waals surface area contributed by atoms with Gasteiger partial charge in [-0.25, -0.2) is 12.8 Å². The molecule has 1 N–H and O–H groups in total. The lowest BCUT2D eigenvalue weighted by Crippen LogP contribution is -2.54. The molecule has 0 bridgehead atoms. The zero-order chi connectivity index (χ0) is 31.9. The maximum atomic E-state index is 15.0. The number of nitrogens with zero attached hydrogens (tertiary/aromatic N) is 2. The number of carbonyl (C=O) groups is 2. The molecule has 0 spiro atoms. The zero-order valence-electron chi connectivity index (χ0n) is 24.8. The van der Waals surface area contributed by atoms with Crippen LogP contribution in [-0.2, 0) is 32.6 Å². The van der Waals surface area contributed by atoms with Crippen LogP contribution in [0.15, 0.2) is 108 Å². The molecule has 0 radical (unpaired) electrons. The molecule has 0 heterocycles. The molecule has 0 aromatic heterocycles. The number of benzene rings is 4. The second kappa shape index (κ2) is 14.5. The van der Waals surface area contributed by atoms with Gasteiger partial charge in [-0.3, -0.25) is 13.9 Å². The molecule has 4 aromatic rings. The van der Waals surface area contributed by atoms with E-state index in [4.69, 9.17) is 11.6 Å². The first kappa shape index (κ1) is 32.7. The molecule has 0 fully saturated rings. The largest absolute Gasteiger partial charge is 0.352 e. The molecule has 7 nitrogen and oxygen atoms in total. The van der Waals surface area contributed by atoms with Crippen molar-refractivity contribution in [1.82, 2.24) is 10.2 Å². The summed E-state index contributed by atoms with van der Waals surface area (Å²) in [6.07, 6.45) is 0.133. The molecule has 4 aromatic carbocycles. The predicted octanol–water partition coefficient (Wildman–Crippen LogP) is 6.15. The van der Waals surface area contributed by atoms with Crippen molar-refractivity contribution in [1.29, 1.82) is 0 Å². The monoisotopic (exact) mass is 635 g/mol. The van der Waals surface area contributed by atoms with E-state index in [-0.39, 0.29) is 35.2 Å². The van der Waals surface area contributed by atoms with Gasteiger partial charge in [-0.1, -0.05) is 77.8 Å². The first-order valence-electron chi connectivity index (χ1n) is 14.2. The molecule has 0 aliphatic rings. The summed E-state index contributed by atoms with van der Waals surface area (Å²) < 4.78 is 44.0. The molecule has 0 saturated carbocycles. The number of anilines is 1. The number of carbonyl (C=O) groups excluding carboxylic acids is 2. The van der Waals surface area contributed by atoms with Crippen molar-refractivity contribution in [3.8, 4) is 0 Å². The first-order chi connectivity index (χ1) is 21.0. The summed E-state index contributed by atoms with van der Waals surface area (Å²) in [5.74, 6) is -1.65. The molecule has 1 atom stereocenters. The topological polar surface area (TPSA) is 86.8 Å². The Labute approximate surface area is 263 Å². The average Bonchev–Trinajstić information content (AvgIpc) is 2.99. The third kappa shape index (κ3) is 8.24. The summed E-state index contributed by atoms with van der Waals surface area (Å²) in [7, 11) is -4.26. The predicted molar refractivity (Wildman–Crippen MR) is 171 cm³/mol. The number of sulfonamides is 1. The summed E-state index contributed by atoms with van der Waals surface area (Å²) in [6, 6.07) is 26.3. The summed E-state index contributed by atoms with van der Waals surface area (Å²) in [6.45, 7) is 4.58. The fraction of sp³-hybridized carbons (Fsp3) is 0.235. The Balaban J connectivity index is 1.81. The van der Waals surface area contributed by atoms with Crippen LogP contribution < -0.4 is 9.62 Å². The van der Waals surface area contributed by atoms with Gasteiger partial charge < -0.3 is 10.2 Å². The lowest BCUT2D eigenvalue weighted by molar-refractivity contribution is -0.140. The first-order valence-corrected chi connectivity index (χ1v) is 16.0. The average molecular weight is 636 g/mol. The highest BCUT2D eigenvalue weighted by atomic mass is 35.5. The van der Waals surface area contributed by atoms with E-state index in [1.165, 1.54) is 47.4 Å². The minimum Gasteiger partial charge on any atom is -0.352 e. The molecule has 0 saturated heterocycles. The Hall–Kier alpha value is -4.21. The molecule has 44 heavy (non-hydrogen) atoms. The standard InChI is InChI=1S/C34H35ClFN3O4S/c1-24(2)37-34(41)32(21-26-9-5-4-6-10-26)38(22-27-11-7-8-12-31(27)36)33(40)23-39(29-17-13-25(3)14-18-29)44(42,43)30-19-15-28(35)16-20-30/h4-20,24,32H,21-23H2,1-3H3,(H,37,41)/t32-/m1/s1. The van der Waals surface area contributed by atoms with Gasteiger partial charge >= 0.3 is 0 Å². The van der Waals surface area contributed by atoms with Gasteiger partial charge in [-0.2, -0.15) is 0 Å². The quantitative estimate of drug-likeness (QED) is 0.202.